The van der Waals surface area contributed by atoms with E-state index in [4.69, 9.17) is 4.74 Å². The van der Waals surface area contributed by atoms with E-state index in [1.54, 1.807) is 0 Å². The van der Waals surface area contributed by atoms with Crippen LogP contribution in [0.5, 0.6) is 0 Å². The largest absolute Gasteiger partial charge is 0.375 e. The summed E-state index contributed by atoms with van der Waals surface area (Å²) in [6.07, 6.45) is 2.57. The lowest BCUT2D eigenvalue weighted by molar-refractivity contribution is 0.0316. The Kier molecular flexibility index (Phi) is 1.74. The van der Waals surface area contributed by atoms with Gasteiger partial charge in [0, 0.05) is 12.0 Å². The fourth-order valence-corrected chi connectivity index (χ4v) is 2.77. The van der Waals surface area contributed by atoms with Crippen molar-refractivity contribution in [2.24, 2.45) is 5.41 Å². The molecule has 2 saturated heterocycles. The summed E-state index contributed by atoms with van der Waals surface area (Å²) in [5, 5.41) is 0. The molecule has 70 valence electrons. The Labute approximate surface area is 74.9 Å². The summed E-state index contributed by atoms with van der Waals surface area (Å²) in [6, 6.07) is 0. The molecule has 2 aliphatic rings. The quantitative estimate of drug-likeness (QED) is 0.545. The van der Waals surface area contributed by atoms with Crippen LogP contribution in [0.25, 0.3) is 0 Å². The smallest absolute Gasteiger partial charge is 0.0633 e. The lowest BCUT2D eigenvalue weighted by Gasteiger charge is -2.22. The molecule has 0 saturated carbocycles. The molecule has 2 rings (SSSR count). The van der Waals surface area contributed by atoms with Gasteiger partial charge in [0.25, 0.3) is 0 Å². The Morgan fingerprint density at radius 1 is 1.33 bits per heavy atom. The van der Waals surface area contributed by atoms with Gasteiger partial charge < -0.3 is 9.64 Å². The van der Waals surface area contributed by atoms with Gasteiger partial charge in [-0.15, -0.1) is 0 Å². The van der Waals surface area contributed by atoms with Gasteiger partial charge in [0.2, 0.25) is 0 Å². The molecule has 2 heteroatoms. The van der Waals surface area contributed by atoms with Crippen molar-refractivity contribution >= 4 is 0 Å². The normalized spacial score (nSPS) is 41.2. The van der Waals surface area contributed by atoms with E-state index in [-0.39, 0.29) is 5.60 Å². The van der Waals surface area contributed by atoms with Gasteiger partial charge in [-0.05, 0) is 40.3 Å². The highest BCUT2D eigenvalue weighted by atomic mass is 16.5. The zero-order chi connectivity index (χ0) is 8.82. The lowest BCUT2D eigenvalue weighted by atomic mass is 9.81. The van der Waals surface area contributed by atoms with Gasteiger partial charge >= 0.3 is 0 Å². The lowest BCUT2D eigenvalue weighted by Crippen LogP contribution is -2.26. The number of likely N-dealkylation sites (tertiary alicyclic amines) is 1. The van der Waals surface area contributed by atoms with E-state index in [1.165, 1.54) is 25.9 Å². The molecule has 0 aromatic rings. The number of hydrogen-bond acceptors (Lipinski definition) is 2. The van der Waals surface area contributed by atoms with Crippen LogP contribution in [0.2, 0.25) is 0 Å². The summed E-state index contributed by atoms with van der Waals surface area (Å²) in [6.45, 7) is 7.88. The Morgan fingerprint density at radius 2 is 2.08 bits per heavy atom. The molecule has 12 heavy (non-hydrogen) atoms. The molecule has 0 aromatic heterocycles. The molecule has 2 heterocycles. The van der Waals surface area contributed by atoms with Crippen molar-refractivity contribution < 1.29 is 4.74 Å². The Hall–Kier alpha value is -0.0800. The van der Waals surface area contributed by atoms with Gasteiger partial charge in [-0.25, -0.2) is 0 Å². The summed E-state index contributed by atoms with van der Waals surface area (Å²) in [4.78, 5) is 2.42. The zero-order valence-electron chi connectivity index (χ0n) is 8.39. The summed E-state index contributed by atoms with van der Waals surface area (Å²) >= 11 is 0. The highest BCUT2D eigenvalue weighted by Crippen LogP contribution is 2.44. The third-order valence-corrected chi connectivity index (χ3v) is 3.20. The van der Waals surface area contributed by atoms with Crippen LogP contribution in [0.15, 0.2) is 0 Å². The maximum atomic E-state index is 5.80. The second-order valence-corrected chi connectivity index (χ2v) is 5.21. The van der Waals surface area contributed by atoms with Crippen molar-refractivity contribution in [1.82, 2.24) is 4.90 Å². The first-order chi connectivity index (χ1) is 5.52. The molecule has 1 spiro atoms. The number of ether oxygens (including phenoxy) is 1. The van der Waals surface area contributed by atoms with Gasteiger partial charge in [-0.1, -0.05) is 0 Å². The Bertz CT molecular complexity index is 190. The maximum absolute atomic E-state index is 5.80. The van der Waals surface area contributed by atoms with Crippen LogP contribution >= 0.6 is 0 Å². The summed E-state index contributed by atoms with van der Waals surface area (Å²) < 4.78 is 5.80. The van der Waals surface area contributed by atoms with Crippen LogP contribution in [0.4, 0.5) is 0 Å². The molecule has 2 aliphatic heterocycles. The molecule has 0 bridgehead atoms. The van der Waals surface area contributed by atoms with Crippen LogP contribution in [-0.4, -0.2) is 37.2 Å². The SMILES string of the molecule is CN1CCC2(COC(C)(C)C2)C1. The minimum absolute atomic E-state index is 0.130. The molecule has 0 amide bonds. The molecule has 2 fully saturated rings. The van der Waals surface area contributed by atoms with Gasteiger partial charge in [0.1, 0.15) is 0 Å². The number of nitrogens with zero attached hydrogens (tertiary/aromatic N) is 1. The van der Waals surface area contributed by atoms with Crippen LogP contribution in [0.1, 0.15) is 26.7 Å². The molecule has 0 aromatic carbocycles. The molecule has 0 aliphatic carbocycles. The minimum Gasteiger partial charge on any atom is -0.375 e. The van der Waals surface area contributed by atoms with Crippen molar-refractivity contribution in [2.45, 2.75) is 32.3 Å². The topological polar surface area (TPSA) is 12.5 Å². The summed E-state index contributed by atoms with van der Waals surface area (Å²) in [7, 11) is 2.21. The summed E-state index contributed by atoms with van der Waals surface area (Å²) in [5.41, 5.74) is 0.628. The average molecular weight is 169 g/mol. The van der Waals surface area contributed by atoms with E-state index in [2.05, 4.69) is 25.8 Å². The van der Waals surface area contributed by atoms with E-state index >= 15 is 0 Å². The average Bonchev–Trinajstić information content (AvgIpc) is 2.41. The maximum Gasteiger partial charge on any atom is 0.0633 e. The molecule has 0 radical (unpaired) electrons. The standard InChI is InChI=1S/C10H19NO/c1-9(2)6-10(8-12-9)4-5-11(3)7-10/h4-8H2,1-3H3. The summed E-state index contributed by atoms with van der Waals surface area (Å²) in [5.74, 6) is 0. The molecule has 1 atom stereocenters. The first-order valence-electron chi connectivity index (χ1n) is 4.84. The molecule has 2 nitrogen and oxygen atoms in total. The molecule has 0 N–H and O–H groups in total. The first-order valence-corrected chi connectivity index (χ1v) is 4.84. The highest BCUT2D eigenvalue weighted by molar-refractivity contribution is 4.97. The fraction of sp³-hybridized carbons (Fsp3) is 1.00. The van der Waals surface area contributed by atoms with Gasteiger partial charge in [-0.3, -0.25) is 0 Å². The predicted molar refractivity (Wildman–Crippen MR) is 49.2 cm³/mol. The van der Waals surface area contributed by atoms with E-state index < -0.39 is 0 Å². The van der Waals surface area contributed by atoms with Crippen molar-refractivity contribution in [3.05, 3.63) is 0 Å². The van der Waals surface area contributed by atoms with E-state index in [0.29, 0.717) is 5.41 Å². The molecular formula is C10H19NO. The van der Waals surface area contributed by atoms with Crippen LogP contribution in [0, 0.1) is 5.41 Å². The van der Waals surface area contributed by atoms with Gasteiger partial charge in [-0.2, -0.15) is 0 Å². The van der Waals surface area contributed by atoms with E-state index in [9.17, 15) is 0 Å². The molecule has 1 unspecified atom stereocenters. The van der Waals surface area contributed by atoms with Crippen molar-refractivity contribution in [3.63, 3.8) is 0 Å². The van der Waals surface area contributed by atoms with Crippen molar-refractivity contribution in [2.75, 3.05) is 26.7 Å². The predicted octanol–water partition coefficient (Wildman–Crippen LogP) is 1.51. The van der Waals surface area contributed by atoms with Crippen LogP contribution < -0.4 is 0 Å². The second-order valence-electron chi connectivity index (χ2n) is 5.21. The number of hydrogen-bond donors (Lipinski definition) is 0. The number of rotatable bonds is 0. The van der Waals surface area contributed by atoms with Crippen molar-refractivity contribution in [1.29, 1.82) is 0 Å². The minimum atomic E-state index is 0.130. The first kappa shape index (κ1) is 8.52. The Morgan fingerprint density at radius 3 is 2.50 bits per heavy atom. The Balaban J connectivity index is 2.06. The molecular weight excluding hydrogens is 150 g/mol. The highest BCUT2D eigenvalue weighted by Gasteiger charge is 2.47. The van der Waals surface area contributed by atoms with Gasteiger partial charge in [0.05, 0.1) is 12.2 Å². The van der Waals surface area contributed by atoms with E-state index in [0.717, 1.165) is 6.61 Å². The van der Waals surface area contributed by atoms with Crippen LogP contribution in [0.3, 0.4) is 0 Å². The third-order valence-electron chi connectivity index (χ3n) is 3.20. The fourth-order valence-electron chi connectivity index (χ4n) is 2.77. The second kappa shape index (κ2) is 2.46. The van der Waals surface area contributed by atoms with Crippen LogP contribution in [-0.2, 0) is 4.74 Å². The van der Waals surface area contributed by atoms with Crippen molar-refractivity contribution in [3.8, 4) is 0 Å². The van der Waals surface area contributed by atoms with E-state index in [1.807, 2.05) is 0 Å². The third kappa shape index (κ3) is 1.38. The zero-order valence-corrected chi connectivity index (χ0v) is 8.39. The monoisotopic (exact) mass is 169 g/mol. The van der Waals surface area contributed by atoms with Gasteiger partial charge in [0.15, 0.2) is 0 Å².